The topological polar surface area (TPSA) is 110 Å². The number of benzene rings is 1. The van der Waals surface area contributed by atoms with E-state index in [4.69, 9.17) is 8.92 Å². The Bertz CT molecular complexity index is 1350. The molecular formula is C33H44O7S. The van der Waals surface area contributed by atoms with Crippen molar-refractivity contribution in [2.45, 2.75) is 84.2 Å². The second-order valence-electron chi connectivity index (χ2n) is 13.5. The van der Waals surface area contributed by atoms with E-state index in [9.17, 15) is 23.4 Å². The molecule has 1 aromatic rings. The van der Waals surface area contributed by atoms with Gasteiger partial charge in [-0.05, 0) is 91.7 Å². The maximum absolute atomic E-state index is 13.1. The number of carbonyl (C=O) groups excluding carboxylic acids is 1. The van der Waals surface area contributed by atoms with E-state index in [0.29, 0.717) is 24.8 Å². The van der Waals surface area contributed by atoms with Gasteiger partial charge >= 0.3 is 5.97 Å². The SMILES string of the molecule is C=C1C2CC3C(C(C)C)C(OS(=O)(=O)/C=C/c4ccccc4)CC3(C)CC2/C(C)=C\CC2C(C)OC(=O)C(O)C12O. The van der Waals surface area contributed by atoms with Crippen LogP contribution in [0.15, 0.2) is 59.5 Å². The molecule has 224 valence electrons. The van der Waals surface area contributed by atoms with E-state index in [-0.39, 0.29) is 35.0 Å². The zero-order valence-corrected chi connectivity index (χ0v) is 25.5. The van der Waals surface area contributed by atoms with Crippen LogP contribution in [0.1, 0.15) is 65.9 Å². The lowest BCUT2D eigenvalue weighted by Crippen LogP contribution is -2.63. The number of esters is 1. The van der Waals surface area contributed by atoms with Crippen molar-refractivity contribution >= 4 is 22.2 Å². The summed E-state index contributed by atoms with van der Waals surface area (Å²) in [6.45, 7) is 14.7. The second-order valence-corrected chi connectivity index (χ2v) is 14.9. The van der Waals surface area contributed by atoms with E-state index in [2.05, 4.69) is 40.3 Å². The molecule has 0 aromatic heterocycles. The molecule has 0 radical (unpaired) electrons. The molecule has 41 heavy (non-hydrogen) atoms. The van der Waals surface area contributed by atoms with Gasteiger partial charge in [-0.1, -0.05) is 69.3 Å². The van der Waals surface area contributed by atoms with Crippen LogP contribution in [0.4, 0.5) is 0 Å². The molecule has 2 N–H and O–H groups in total. The standard InChI is InChI=1S/C33H44O7S/c1-19(2)29-27-16-24-21(4)33(36)26(22(5)39-31(35)30(33)34)13-12-20(3)25(24)17-32(27,6)18-28(29)40-41(37,38)15-14-23-10-8-7-9-11-23/h7-12,14-15,19,22,24-30,34,36H,4,13,16-18H2,1-3,5-6H3/b15-14+,20-12-. The highest BCUT2D eigenvalue weighted by molar-refractivity contribution is 7.89. The van der Waals surface area contributed by atoms with Crippen molar-refractivity contribution in [2.75, 3.05) is 0 Å². The molecule has 8 heteroatoms. The van der Waals surface area contributed by atoms with Gasteiger partial charge in [0.25, 0.3) is 10.1 Å². The monoisotopic (exact) mass is 584 g/mol. The summed E-state index contributed by atoms with van der Waals surface area (Å²) in [5.74, 6) is -1.23. The smallest absolute Gasteiger partial charge is 0.338 e. The number of hydrogen-bond acceptors (Lipinski definition) is 7. The predicted molar refractivity (Wildman–Crippen MR) is 158 cm³/mol. The van der Waals surface area contributed by atoms with E-state index >= 15 is 0 Å². The van der Waals surface area contributed by atoms with Crippen LogP contribution >= 0.6 is 0 Å². The third-order valence-electron chi connectivity index (χ3n) is 10.7. The highest BCUT2D eigenvalue weighted by Gasteiger charge is 2.62. The van der Waals surface area contributed by atoms with Gasteiger partial charge in [0.2, 0.25) is 0 Å². The maximum Gasteiger partial charge on any atom is 0.338 e. The Hall–Kier alpha value is -2.26. The quantitative estimate of drug-likeness (QED) is 0.276. The number of hydrogen-bond donors (Lipinski definition) is 2. The molecule has 1 aliphatic heterocycles. The first-order valence-electron chi connectivity index (χ1n) is 14.8. The molecule has 4 aliphatic rings. The number of rotatable bonds is 5. The number of ether oxygens (including phenoxy) is 1. The van der Waals surface area contributed by atoms with Crippen molar-refractivity contribution in [2.24, 2.45) is 40.9 Å². The molecule has 1 saturated heterocycles. The van der Waals surface area contributed by atoms with Crippen LogP contribution in [0.2, 0.25) is 0 Å². The van der Waals surface area contributed by atoms with Gasteiger partial charge in [-0.2, -0.15) is 8.42 Å². The maximum atomic E-state index is 13.1. The van der Waals surface area contributed by atoms with Gasteiger partial charge in [-0.25, -0.2) is 4.79 Å². The molecule has 0 amide bonds. The van der Waals surface area contributed by atoms with Crippen LogP contribution in [0.3, 0.4) is 0 Å². The Labute approximate surface area is 244 Å². The average Bonchev–Trinajstić information content (AvgIpc) is 3.19. The summed E-state index contributed by atoms with van der Waals surface area (Å²) in [6.07, 6.45) is 3.45. The molecular weight excluding hydrogens is 540 g/mol. The summed E-state index contributed by atoms with van der Waals surface area (Å²) in [5, 5.41) is 24.2. The minimum absolute atomic E-state index is 0.0333. The van der Waals surface area contributed by atoms with Crippen molar-refractivity contribution in [3.8, 4) is 0 Å². The van der Waals surface area contributed by atoms with Crippen molar-refractivity contribution < 1.29 is 32.3 Å². The fourth-order valence-corrected chi connectivity index (χ4v) is 9.56. The fraction of sp³-hybridized carbons (Fsp3) is 0.606. The van der Waals surface area contributed by atoms with Crippen molar-refractivity contribution in [1.82, 2.24) is 0 Å². The zero-order valence-electron chi connectivity index (χ0n) is 24.7. The minimum Gasteiger partial charge on any atom is -0.460 e. The van der Waals surface area contributed by atoms with Crippen LogP contribution < -0.4 is 0 Å². The minimum atomic E-state index is -3.94. The Morgan fingerprint density at radius 2 is 1.83 bits per heavy atom. The highest BCUT2D eigenvalue weighted by atomic mass is 32.2. The first kappa shape index (κ1) is 30.2. The normalized spacial score (nSPS) is 42.5. The molecule has 1 aromatic carbocycles. The Kier molecular flexibility index (Phi) is 7.94. The van der Waals surface area contributed by atoms with Crippen LogP contribution in [0.25, 0.3) is 6.08 Å². The lowest BCUT2D eigenvalue weighted by Gasteiger charge is -2.54. The average molecular weight is 585 g/mol. The van der Waals surface area contributed by atoms with Gasteiger partial charge < -0.3 is 14.9 Å². The van der Waals surface area contributed by atoms with E-state index in [0.717, 1.165) is 17.4 Å². The molecule has 2 saturated carbocycles. The van der Waals surface area contributed by atoms with E-state index < -0.39 is 45.9 Å². The molecule has 5 rings (SSSR count). The molecule has 1 heterocycles. The molecule has 3 aliphatic carbocycles. The van der Waals surface area contributed by atoms with Gasteiger partial charge in [0.05, 0.1) is 11.5 Å². The lowest BCUT2D eigenvalue weighted by molar-refractivity contribution is -0.209. The van der Waals surface area contributed by atoms with Gasteiger partial charge in [0.1, 0.15) is 11.7 Å². The third kappa shape index (κ3) is 5.26. The lowest BCUT2D eigenvalue weighted by atomic mass is 9.53. The largest absolute Gasteiger partial charge is 0.460 e. The zero-order chi connectivity index (χ0) is 29.9. The number of fused-ring (bicyclic) bond motifs is 3. The summed E-state index contributed by atoms with van der Waals surface area (Å²) < 4.78 is 37.6. The second kappa shape index (κ2) is 10.8. The predicted octanol–water partition coefficient (Wildman–Crippen LogP) is 5.26. The number of carbonyl (C=O) groups is 1. The Morgan fingerprint density at radius 1 is 1.15 bits per heavy atom. The number of cyclic esters (lactones) is 1. The van der Waals surface area contributed by atoms with Crippen LogP contribution in [-0.4, -0.2) is 48.5 Å². The Balaban J connectivity index is 1.47. The summed E-state index contributed by atoms with van der Waals surface area (Å²) >= 11 is 0. The molecule has 0 spiro atoms. The summed E-state index contributed by atoms with van der Waals surface area (Å²) in [4.78, 5) is 12.6. The van der Waals surface area contributed by atoms with Crippen molar-refractivity contribution in [3.63, 3.8) is 0 Å². The van der Waals surface area contributed by atoms with Crippen molar-refractivity contribution in [1.29, 1.82) is 0 Å². The van der Waals surface area contributed by atoms with Gasteiger partial charge in [-0.15, -0.1) is 0 Å². The highest BCUT2D eigenvalue weighted by Crippen LogP contribution is 2.63. The van der Waals surface area contributed by atoms with Gasteiger partial charge in [-0.3, -0.25) is 4.18 Å². The molecule has 3 fully saturated rings. The Morgan fingerprint density at radius 3 is 2.49 bits per heavy atom. The summed E-state index contributed by atoms with van der Waals surface area (Å²) in [5.41, 5.74) is 0.482. The molecule has 10 atom stereocenters. The number of allylic oxidation sites excluding steroid dienone is 2. The molecule has 10 unspecified atom stereocenters. The number of aliphatic hydroxyl groups is 2. The number of aliphatic hydroxyl groups excluding tert-OH is 1. The molecule has 0 bridgehead atoms. The first-order valence-corrected chi connectivity index (χ1v) is 16.3. The third-order valence-corrected chi connectivity index (χ3v) is 11.7. The van der Waals surface area contributed by atoms with E-state index in [1.807, 2.05) is 30.3 Å². The van der Waals surface area contributed by atoms with Crippen molar-refractivity contribution in [3.05, 3.63) is 65.1 Å². The molecule has 7 nitrogen and oxygen atoms in total. The van der Waals surface area contributed by atoms with Gasteiger partial charge in [0.15, 0.2) is 6.10 Å². The summed E-state index contributed by atoms with van der Waals surface area (Å²) in [6, 6.07) is 9.27. The van der Waals surface area contributed by atoms with Crippen LogP contribution in [-0.2, 0) is 23.8 Å². The summed E-state index contributed by atoms with van der Waals surface area (Å²) in [7, 11) is -3.94. The van der Waals surface area contributed by atoms with Gasteiger partial charge in [0, 0.05) is 5.92 Å². The fourth-order valence-electron chi connectivity index (χ4n) is 8.63. The first-order chi connectivity index (χ1) is 19.2. The van der Waals surface area contributed by atoms with E-state index in [1.165, 1.54) is 5.57 Å². The van der Waals surface area contributed by atoms with Crippen LogP contribution in [0, 0.1) is 40.9 Å². The van der Waals surface area contributed by atoms with E-state index in [1.54, 1.807) is 13.0 Å². The van der Waals surface area contributed by atoms with Crippen LogP contribution in [0.5, 0.6) is 0 Å².